The summed E-state index contributed by atoms with van der Waals surface area (Å²) in [5.74, 6) is 3.16. The van der Waals surface area contributed by atoms with Crippen molar-refractivity contribution in [1.29, 1.82) is 0 Å². The molecule has 2 aromatic rings. The number of methoxy groups -OCH3 is 1. The van der Waals surface area contributed by atoms with Gasteiger partial charge >= 0.3 is 0 Å². The van der Waals surface area contributed by atoms with E-state index in [1.807, 2.05) is 11.8 Å². The molecule has 0 aliphatic carbocycles. The number of phenolic OH excluding ortho intramolecular Hbond substituents is 1. The van der Waals surface area contributed by atoms with Crippen LogP contribution in [-0.4, -0.2) is 40.5 Å². The average Bonchev–Trinajstić information content (AvgIpc) is 2.98. The van der Waals surface area contributed by atoms with Gasteiger partial charge in [0, 0.05) is 17.1 Å². The fraction of sp³-hybridized carbons (Fsp3) is 0.385. The molecule has 6 nitrogen and oxygen atoms in total. The Labute approximate surface area is 120 Å². The van der Waals surface area contributed by atoms with Crippen LogP contribution in [-0.2, 0) is 4.74 Å². The maximum Gasteiger partial charge on any atom is 0.258 e. The lowest BCUT2D eigenvalue weighted by atomic mass is 10.2. The Morgan fingerprint density at radius 1 is 1.45 bits per heavy atom. The highest BCUT2D eigenvalue weighted by Gasteiger charge is 2.22. The van der Waals surface area contributed by atoms with E-state index in [9.17, 15) is 5.11 Å². The Balaban J connectivity index is 1.84. The van der Waals surface area contributed by atoms with Crippen molar-refractivity contribution >= 4 is 11.8 Å². The zero-order valence-electron chi connectivity index (χ0n) is 10.9. The molecule has 1 N–H and O–H groups in total. The SMILES string of the molecule is COc1ccc(-c2nc(C3CSCCO3)no2)cc1O. The van der Waals surface area contributed by atoms with Gasteiger partial charge in [-0.1, -0.05) is 5.16 Å². The minimum absolute atomic E-state index is 0.0363. The molecule has 1 fully saturated rings. The van der Waals surface area contributed by atoms with Crippen molar-refractivity contribution in [2.24, 2.45) is 0 Å². The molecule has 20 heavy (non-hydrogen) atoms. The standard InChI is InChI=1S/C13H14N2O4S/c1-17-10-3-2-8(6-9(10)16)13-14-12(15-19-13)11-7-20-5-4-18-11/h2-3,6,11,16H,4-5,7H2,1H3. The zero-order chi connectivity index (χ0) is 13.9. The number of ether oxygens (including phenoxy) is 2. The van der Waals surface area contributed by atoms with Crippen LogP contribution < -0.4 is 4.74 Å². The summed E-state index contributed by atoms with van der Waals surface area (Å²) >= 11 is 1.81. The smallest absolute Gasteiger partial charge is 0.258 e. The maximum atomic E-state index is 9.77. The molecule has 1 aromatic carbocycles. The third-order valence-corrected chi connectivity index (χ3v) is 3.97. The van der Waals surface area contributed by atoms with Crippen LogP contribution in [0.3, 0.4) is 0 Å². The van der Waals surface area contributed by atoms with E-state index in [0.29, 0.717) is 29.6 Å². The number of aromatic nitrogens is 2. The summed E-state index contributed by atoms with van der Waals surface area (Å²) < 4.78 is 15.8. The van der Waals surface area contributed by atoms with Crippen molar-refractivity contribution in [3.63, 3.8) is 0 Å². The lowest BCUT2D eigenvalue weighted by Gasteiger charge is -2.18. The predicted molar refractivity (Wildman–Crippen MR) is 74.0 cm³/mol. The molecule has 0 spiro atoms. The van der Waals surface area contributed by atoms with Crippen molar-refractivity contribution < 1.29 is 19.1 Å². The summed E-state index contributed by atoms with van der Waals surface area (Å²) in [5, 5.41) is 13.7. The third-order valence-electron chi connectivity index (χ3n) is 2.97. The molecule has 7 heteroatoms. The van der Waals surface area contributed by atoms with Gasteiger partial charge in [-0.2, -0.15) is 16.7 Å². The van der Waals surface area contributed by atoms with Gasteiger partial charge in [-0.3, -0.25) is 0 Å². The molecular formula is C13H14N2O4S. The van der Waals surface area contributed by atoms with Gasteiger partial charge in [0.1, 0.15) is 6.10 Å². The first-order valence-corrected chi connectivity index (χ1v) is 7.33. The minimum Gasteiger partial charge on any atom is -0.504 e. The lowest BCUT2D eigenvalue weighted by molar-refractivity contribution is 0.0677. The number of rotatable bonds is 3. The van der Waals surface area contributed by atoms with E-state index in [1.165, 1.54) is 13.2 Å². The molecule has 1 aliphatic rings. The van der Waals surface area contributed by atoms with E-state index in [4.69, 9.17) is 14.0 Å². The van der Waals surface area contributed by atoms with Crippen LogP contribution in [0.15, 0.2) is 22.7 Å². The lowest BCUT2D eigenvalue weighted by Crippen LogP contribution is -2.16. The van der Waals surface area contributed by atoms with Gasteiger partial charge in [-0.05, 0) is 18.2 Å². The predicted octanol–water partition coefficient (Wildman–Crippen LogP) is 2.26. The van der Waals surface area contributed by atoms with E-state index >= 15 is 0 Å². The van der Waals surface area contributed by atoms with Crippen LogP contribution in [0.4, 0.5) is 0 Å². The Kier molecular flexibility index (Phi) is 3.79. The first kappa shape index (κ1) is 13.3. The second-order valence-electron chi connectivity index (χ2n) is 4.28. The molecule has 1 aromatic heterocycles. The van der Waals surface area contributed by atoms with Crippen LogP contribution in [0.25, 0.3) is 11.5 Å². The summed E-state index contributed by atoms with van der Waals surface area (Å²) in [7, 11) is 1.50. The second kappa shape index (κ2) is 5.72. The molecule has 0 bridgehead atoms. The highest BCUT2D eigenvalue weighted by atomic mass is 32.2. The first-order valence-electron chi connectivity index (χ1n) is 6.18. The van der Waals surface area contributed by atoms with Crippen LogP contribution in [0, 0.1) is 0 Å². The topological polar surface area (TPSA) is 77.6 Å². The molecule has 1 atom stereocenters. The molecular weight excluding hydrogens is 280 g/mol. The highest BCUT2D eigenvalue weighted by molar-refractivity contribution is 7.99. The van der Waals surface area contributed by atoms with Gasteiger partial charge in [-0.15, -0.1) is 0 Å². The van der Waals surface area contributed by atoms with Crippen LogP contribution >= 0.6 is 11.8 Å². The average molecular weight is 294 g/mol. The molecule has 0 saturated carbocycles. The number of aromatic hydroxyl groups is 1. The van der Waals surface area contributed by atoms with Gasteiger partial charge in [-0.25, -0.2) is 0 Å². The Bertz CT molecular complexity index is 596. The van der Waals surface area contributed by atoms with Crippen molar-refractivity contribution in [3.05, 3.63) is 24.0 Å². The molecule has 0 amide bonds. The van der Waals surface area contributed by atoms with E-state index in [2.05, 4.69) is 10.1 Å². The molecule has 3 rings (SSSR count). The molecule has 1 unspecified atom stereocenters. The highest BCUT2D eigenvalue weighted by Crippen LogP contribution is 2.32. The molecule has 2 heterocycles. The van der Waals surface area contributed by atoms with E-state index in [1.54, 1.807) is 12.1 Å². The molecule has 106 valence electrons. The molecule has 1 aliphatic heterocycles. The summed E-state index contributed by atoms with van der Waals surface area (Å²) in [6.07, 6.45) is -0.127. The largest absolute Gasteiger partial charge is 0.504 e. The summed E-state index contributed by atoms with van der Waals surface area (Å²) in [4.78, 5) is 4.33. The number of hydrogen-bond donors (Lipinski definition) is 1. The number of hydrogen-bond acceptors (Lipinski definition) is 7. The zero-order valence-corrected chi connectivity index (χ0v) is 11.7. The van der Waals surface area contributed by atoms with Crippen molar-refractivity contribution in [2.45, 2.75) is 6.10 Å². The number of thioether (sulfide) groups is 1. The Hall–Kier alpha value is -1.73. The minimum atomic E-state index is -0.127. The van der Waals surface area contributed by atoms with Crippen LogP contribution in [0.5, 0.6) is 11.5 Å². The third kappa shape index (κ3) is 2.59. The van der Waals surface area contributed by atoms with Gasteiger partial charge < -0.3 is 19.1 Å². The first-order chi connectivity index (χ1) is 9.78. The van der Waals surface area contributed by atoms with Crippen molar-refractivity contribution in [1.82, 2.24) is 10.1 Å². The van der Waals surface area contributed by atoms with Crippen LogP contribution in [0.1, 0.15) is 11.9 Å². The summed E-state index contributed by atoms with van der Waals surface area (Å²) in [6, 6.07) is 4.94. The quantitative estimate of drug-likeness (QED) is 0.930. The van der Waals surface area contributed by atoms with E-state index < -0.39 is 0 Å². The Morgan fingerprint density at radius 3 is 3.05 bits per heavy atom. The summed E-state index contributed by atoms with van der Waals surface area (Å²) in [6.45, 7) is 0.697. The van der Waals surface area contributed by atoms with Crippen molar-refractivity contribution in [3.8, 4) is 23.0 Å². The van der Waals surface area contributed by atoms with E-state index in [-0.39, 0.29) is 11.9 Å². The van der Waals surface area contributed by atoms with Crippen molar-refractivity contribution in [2.75, 3.05) is 25.2 Å². The molecule has 0 radical (unpaired) electrons. The number of nitrogens with zero attached hydrogens (tertiary/aromatic N) is 2. The number of phenols is 1. The molecule has 1 saturated heterocycles. The monoisotopic (exact) mass is 294 g/mol. The van der Waals surface area contributed by atoms with Crippen LogP contribution in [0.2, 0.25) is 0 Å². The van der Waals surface area contributed by atoms with Gasteiger partial charge in [0.25, 0.3) is 5.89 Å². The second-order valence-corrected chi connectivity index (χ2v) is 5.43. The maximum absolute atomic E-state index is 9.77. The fourth-order valence-corrected chi connectivity index (χ4v) is 2.78. The van der Waals surface area contributed by atoms with Gasteiger partial charge in [0.15, 0.2) is 11.5 Å². The summed E-state index contributed by atoms with van der Waals surface area (Å²) in [5.41, 5.74) is 0.644. The van der Waals surface area contributed by atoms with E-state index in [0.717, 1.165) is 11.5 Å². The normalized spacial score (nSPS) is 18.9. The number of benzene rings is 1. The van der Waals surface area contributed by atoms with Gasteiger partial charge in [0.05, 0.1) is 13.7 Å². The Morgan fingerprint density at radius 2 is 2.35 bits per heavy atom. The van der Waals surface area contributed by atoms with Gasteiger partial charge in [0.2, 0.25) is 5.82 Å². The fourth-order valence-electron chi connectivity index (χ4n) is 1.94.